The first-order chi connectivity index (χ1) is 40.8. The Hall–Kier alpha value is -8.60. The molecule has 6 heterocycles. The van der Waals surface area contributed by atoms with E-state index >= 15 is 0 Å². The highest BCUT2D eigenvalue weighted by molar-refractivity contribution is 7.92. The lowest BCUT2D eigenvalue weighted by molar-refractivity contribution is -0.144. The predicted octanol–water partition coefficient (Wildman–Crippen LogP) is 6.22. The normalized spacial score (nSPS) is 14.8. The molecule has 3 atom stereocenters. The van der Waals surface area contributed by atoms with Crippen LogP contribution in [0.4, 0.5) is 14.5 Å². The van der Waals surface area contributed by atoms with Gasteiger partial charge in [0.05, 0.1) is 79.7 Å². The highest BCUT2D eigenvalue weighted by atomic mass is 32.2. The number of aliphatic hydroxyl groups is 1. The quantitative estimate of drug-likeness (QED) is 0.0397. The van der Waals surface area contributed by atoms with Gasteiger partial charge in [-0.2, -0.15) is 0 Å². The number of ether oxygens (including phenoxy) is 4. The van der Waals surface area contributed by atoms with Gasteiger partial charge in [0.15, 0.2) is 0 Å². The van der Waals surface area contributed by atoms with Gasteiger partial charge in [-0.3, -0.25) is 28.3 Å². The van der Waals surface area contributed by atoms with Gasteiger partial charge in [0.1, 0.15) is 52.2 Å². The van der Waals surface area contributed by atoms with Gasteiger partial charge in [-0.05, 0) is 65.9 Å². The number of fused-ring (bicyclic) bond motifs is 1. The number of hydrogen-bond donors (Lipinski definition) is 5. The Morgan fingerprint density at radius 3 is 2.31 bits per heavy atom. The zero-order valence-corrected chi connectivity index (χ0v) is 48.5. The maximum atomic E-state index is 14.5. The van der Waals surface area contributed by atoms with Gasteiger partial charge in [0, 0.05) is 55.6 Å². The van der Waals surface area contributed by atoms with E-state index in [1.165, 1.54) is 30.5 Å². The molecule has 1 aliphatic rings. The largest absolute Gasteiger partial charge is 0.480 e. The minimum Gasteiger partial charge on any atom is -0.480 e. The Labute approximate surface area is 491 Å². The molecule has 0 aliphatic carbocycles. The Kier molecular flexibility index (Phi) is 19.3. The fourth-order valence-corrected chi connectivity index (χ4v) is 11.2. The summed E-state index contributed by atoms with van der Waals surface area (Å²) in [5.41, 5.74) is 6.23. The highest BCUT2D eigenvalue weighted by Crippen LogP contribution is 2.34. The molecule has 1 aliphatic heterocycles. The van der Waals surface area contributed by atoms with Gasteiger partial charge in [-0.15, -0.1) is 21.5 Å². The average molecular weight is 1210 g/mol. The zero-order valence-electron chi connectivity index (χ0n) is 46.8. The van der Waals surface area contributed by atoms with Crippen molar-refractivity contribution in [1.82, 2.24) is 50.4 Å². The lowest BCUT2D eigenvalue weighted by Gasteiger charge is -2.35. The number of imidazole rings is 1. The predicted molar refractivity (Wildman–Crippen MR) is 307 cm³/mol. The summed E-state index contributed by atoms with van der Waals surface area (Å²) in [5, 5.41) is 27.6. The molecule has 5 aromatic heterocycles. The number of nitrogens with one attached hydrogen (secondary N) is 4. The molecule has 85 heavy (non-hydrogen) atoms. The third-order valence-corrected chi connectivity index (χ3v) is 16.0. The summed E-state index contributed by atoms with van der Waals surface area (Å²) in [6.45, 7) is 8.08. The monoisotopic (exact) mass is 1210 g/mol. The van der Waals surface area contributed by atoms with Crippen LogP contribution in [0.3, 0.4) is 0 Å². The van der Waals surface area contributed by atoms with Crippen molar-refractivity contribution in [3.8, 4) is 50.5 Å². The maximum absolute atomic E-state index is 14.5. The van der Waals surface area contributed by atoms with Crippen LogP contribution in [0.5, 0.6) is 5.88 Å². The average Bonchev–Trinajstić information content (AvgIpc) is 2.69. The third kappa shape index (κ3) is 14.8. The Balaban J connectivity index is 0.696. The number of aliphatic hydroxyl groups excluding tert-OH is 1. The molecule has 0 spiro atoms. The number of carbonyl (C=O) groups is 4. The number of halogens is 2. The van der Waals surface area contributed by atoms with Crippen molar-refractivity contribution in [3.05, 3.63) is 137 Å². The fourth-order valence-electron chi connectivity index (χ4n) is 9.27. The van der Waals surface area contributed by atoms with Crippen LogP contribution in [-0.2, 0) is 45.2 Å². The summed E-state index contributed by atoms with van der Waals surface area (Å²) in [6.07, 6.45) is 3.80. The van der Waals surface area contributed by atoms with Crippen LogP contribution in [0.15, 0.2) is 118 Å². The van der Waals surface area contributed by atoms with E-state index in [1.807, 2.05) is 31.2 Å². The molecule has 3 aromatic carbocycles. The molecular weight excluding hydrogens is 1140 g/mol. The number of sulfonamides is 1. The fraction of sp³-hybridized carbons (Fsp3) is 0.328. The number of benzene rings is 3. The van der Waals surface area contributed by atoms with Gasteiger partial charge in [-0.1, -0.05) is 57.2 Å². The van der Waals surface area contributed by atoms with Crippen molar-refractivity contribution >= 4 is 56.3 Å². The zero-order chi connectivity index (χ0) is 60.4. The lowest BCUT2D eigenvalue weighted by atomic mass is 9.85. The summed E-state index contributed by atoms with van der Waals surface area (Å²) in [7, 11) is -3.25. The van der Waals surface area contributed by atoms with E-state index in [0.29, 0.717) is 34.1 Å². The number of aromatic nitrogens is 6. The summed E-state index contributed by atoms with van der Waals surface area (Å²) in [5.74, 6) is -4.06. The summed E-state index contributed by atoms with van der Waals surface area (Å²) in [6, 6.07) is 19.5. The van der Waals surface area contributed by atoms with Crippen molar-refractivity contribution in [2.75, 3.05) is 64.6 Å². The van der Waals surface area contributed by atoms with Gasteiger partial charge in [0.25, 0.3) is 21.8 Å². The number of methoxy groups -OCH3 is 1. The van der Waals surface area contributed by atoms with Crippen LogP contribution in [0.2, 0.25) is 0 Å². The topological polar surface area (TPSA) is 293 Å². The molecule has 446 valence electrons. The van der Waals surface area contributed by atoms with Crippen molar-refractivity contribution in [2.45, 2.75) is 63.7 Å². The molecular formula is C58H61F2N11O12S2. The van der Waals surface area contributed by atoms with Crippen molar-refractivity contribution < 1.29 is 64.8 Å². The smallest absolute Gasteiger partial charge is 0.266 e. The standard InChI is InChI=1S/C58H61F2N11O12S2/c1-34-50(84-33-65-34)36-12-10-35(11-13-36)27-63-53(75)45-26-40(72)31-71(45)57(76)51(58(2,3)4)66-49(73)32-82-23-22-81-21-20-80-19-18-61-52(74)41-8-6-7-9-42(41)54-67-68-56(83-54)46-29-62-48-17-14-37(30-70(46)48)38-24-44(55(79-5)64-28-38)69-85(77,78)47-16-15-39(59)25-43(47)60/h6-17,24-25,28-30,33,40,45,51,69,72H,18-23,26-27,31-32H2,1-5H3,(H,61,74)(H,63,75)(H,66,73)/t40-,45+,51-/m1/s1. The second kappa shape index (κ2) is 27.0. The first-order valence-electron chi connectivity index (χ1n) is 26.8. The molecule has 0 radical (unpaired) electrons. The van der Waals surface area contributed by atoms with Gasteiger partial charge in [-0.25, -0.2) is 32.2 Å². The van der Waals surface area contributed by atoms with Crippen LogP contribution in [0, 0.1) is 24.0 Å². The summed E-state index contributed by atoms with van der Waals surface area (Å²) < 4.78 is 86.5. The molecule has 9 rings (SSSR count). The molecule has 23 nitrogen and oxygen atoms in total. The van der Waals surface area contributed by atoms with E-state index in [0.717, 1.165) is 33.8 Å². The summed E-state index contributed by atoms with van der Waals surface area (Å²) >= 11 is 1.55. The Morgan fingerprint density at radius 1 is 0.847 bits per heavy atom. The van der Waals surface area contributed by atoms with E-state index in [1.54, 1.807) is 84.6 Å². The Bertz CT molecular complexity index is 3820. The number of carbonyl (C=O) groups excluding carboxylic acids is 4. The second-order valence-electron chi connectivity index (χ2n) is 20.7. The van der Waals surface area contributed by atoms with E-state index in [2.05, 4.69) is 45.8 Å². The molecule has 8 aromatic rings. The van der Waals surface area contributed by atoms with Crippen LogP contribution < -0.4 is 25.4 Å². The first kappa shape index (κ1) is 61.0. The first-order valence-corrected chi connectivity index (χ1v) is 29.1. The molecule has 5 N–H and O–H groups in total. The van der Waals surface area contributed by atoms with E-state index in [9.17, 15) is 41.5 Å². The second-order valence-corrected chi connectivity index (χ2v) is 23.2. The molecule has 4 amide bonds. The number of amides is 4. The lowest BCUT2D eigenvalue weighted by Crippen LogP contribution is -2.58. The number of anilines is 1. The molecule has 0 unspecified atom stereocenters. The SMILES string of the molecule is COc1ncc(-c2ccc3ncc(-c4nnc(-c5ccccc5C(=O)NCCOCCOCCOCC(=O)N[C@H](C(=O)N5C[C@H](O)C[C@H]5C(=O)NCc5ccc(-c6scnc6C)cc5)C(C)(C)C)o4)n3c2)cc1NS(=O)(=O)c1ccc(F)cc1F. The van der Waals surface area contributed by atoms with Crippen LogP contribution in [0.1, 0.15) is 48.8 Å². The Morgan fingerprint density at radius 2 is 1.58 bits per heavy atom. The highest BCUT2D eigenvalue weighted by Gasteiger charge is 2.44. The molecule has 0 bridgehead atoms. The number of likely N-dealkylation sites (tertiary alicyclic amines) is 1. The van der Waals surface area contributed by atoms with Gasteiger partial charge in [0.2, 0.25) is 29.5 Å². The molecule has 1 saturated heterocycles. The molecule has 1 fully saturated rings. The number of aryl methyl sites for hydroxylation is 1. The van der Waals surface area contributed by atoms with E-state index in [4.69, 9.17) is 23.4 Å². The minimum absolute atomic E-state index is 0.0515. The number of β-amino-alcohol motifs (C(OH)–C–C–N with tert-alkyl or cyclic N) is 1. The number of thiazole rings is 1. The number of nitrogens with zero attached hydrogens (tertiary/aromatic N) is 7. The number of hydrogen-bond acceptors (Lipinski definition) is 18. The van der Waals surface area contributed by atoms with Crippen LogP contribution in [-0.4, -0.2) is 150 Å². The van der Waals surface area contributed by atoms with Crippen molar-refractivity contribution in [1.29, 1.82) is 0 Å². The van der Waals surface area contributed by atoms with Gasteiger partial charge < -0.3 is 49.3 Å². The van der Waals surface area contributed by atoms with E-state index in [-0.39, 0.29) is 94.6 Å². The third-order valence-electron chi connectivity index (χ3n) is 13.6. The molecule has 0 saturated carbocycles. The number of rotatable bonds is 25. The van der Waals surface area contributed by atoms with Crippen LogP contribution >= 0.6 is 11.3 Å². The van der Waals surface area contributed by atoms with Gasteiger partial charge >= 0.3 is 0 Å². The summed E-state index contributed by atoms with van der Waals surface area (Å²) in [4.78, 5) is 68.6. The number of pyridine rings is 2. The molecule has 27 heteroatoms. The minimum atomic E-state index is -4.54. The van der Waals surface area contributed by atoms with Crippen molar-refractivity contribution in [3.63, 3.8) is 0 Å². The maximum Gasteiger partial charge on any atom is 0.266 e. The van der Waals surface area contributed by atoms with Crippen LogP contribution in [0.25, 0.3) is 50.3 Å². The van der Waals surface area contributed by atoms with E-state index < -0.39 is 73.8 Å². The van der Waals surface area contributed by atoms with Crippen molar-refractivity contribution in [2.24, 2.45) is 5.41 Å².